The lowest BCUT2D eigenvalue weighted by atomic mass is 10.1. The number of carbonyl (C=O) groups is 1. The van der Waals surface area contributed by atoms with Crippen LogP contribution in [-0.2, 0) is 16.6 Å². The first kappa shape index (κ1) is 21.6. The Morgan fingerprint density at radius 3 is 2.00 bits per heavy atom. The van der Waals surface area contributed by atoms with Gasteiger partial charge in [-0.2, -0.15) is 0 Å². The highest BCUT2D eigenvalue weighted by Gasteiger charge is 2.22. The monoisotopic (exact) mass is 422 g/mol. The largest absolute Gasteiger partial charge is 0.348 e. The maximum absolute atomic E-state index is 12.9. The van der Waals surface area contributed by atoms with Crippen LogP contribution in [0.1, 0.15) is 32.6 Å². The fourth-order valence-electron chi connectivity index (χ4n) is 3.14. The van der Waals surface area contributed by atoms with E-state index in [1.165, 1.54) is 16.9 Å². The van der Waals surface area contributed by atoms with Crippen molar-refractivity contribution in [1.29, 1.82) is 0 Å². The van der Waals surface area contributed by atoms with Crippen molar-refractivity contribution in [3.05, 3.63) is 94.5 Å². The fourth-order valence-corrected chi connectivity index (χ4v) is 4.40. The molecule has 1 amide bonds. The van der Waals surface area contributed by atoms with Crippen molar-refractivity contribution in [2.75, 3.05) is 11.4 Å². The molecule has 0 fully saturated rings. The molecule has 0 spiro atoms. The van der Waals surface area contributed by atoms with Gasteiger partial charge in [0.05, 0.1) is 10.6 Å². The van der Waals surface area contributed by atoms with Gasteiger partial charge in [0.1, 0.15) is 0 Å². The predicted molar refractivity (Wildman–Crippen MR) is 120 cm³/mol. The van der Waals surface area contributed by atoms with Crippen molar-refractivity contribution in [2.24, 2.45) is 0 Å². The minimum absolute atomic E-state index is 0.200. The molecule has 0 aliphatic heterocycles. The zero-order chi connectivity index (χ0) is 21.9. The number of aryl methyl sites for hydroxylation is 3. The number of hydrogen-bond acceptors (Lipinski definition) is 3. The topological polar surface area (TPSA) is 66.5 Å². The van der Waals surface area contributed by atoms with Gasteiger partial charge >= 0.3 is 0 Å². The molecular formula is C24H26N2O3S. The third-order valence-corrected chi connectivity index (χ3v) is 6.84. The summed E-state index contributed by atoms with van der Waals surface area (Å²) in [4.78, 5) is 12.8. The molecule has 0 radical (unpaired) electrons. The molecule has 0 atom stereocenters. The average molecular weight is 423 g/mol. The lowest BCUT2D eigenvalue weighted by molar-refractivity contribution is 0.0951. The number of rotatable bonds is 6. The van der Waals surface area contributed by atoms with Crippen molar-refractivity contribution in [3.8, 4) is 0 Å². The summed E-state index contributed by atoms with van der Waals surface area (Å²) in [5.41, 5.74) is 4.91. The molecule has 30 heavy (non-hydrogen) atoms. The molecule has 0 aliphatic rings. The molecule has 0 heterocycles. The summed E-state index contributed by atoms with van der Waals surface area (Å²) in [6, 6.07) is 19.7. The van der Waals surface area contributed by atoms with Crippen LogP contribution in [0.15, 0.2) is 71.6 Å². The summed E-state index contributed by atoms with van der Waals surface area (Å²) in [5, 5.41) is 2.90. The van der Waals surface area contributed by atoms with Gasteiger partial charge in [-0.1, -0.05) is 47.5 Å². The third kappa shape index (κ3) is 4.71. The van der Waals surface area contributed by atoms with Crippen LogP contribution in [-0.4, -0.2) is 21.4 Å². The standard InChI is InChI=1S/C24H26N2O3S/c1-17-5-9-20(10-6-17)16-25-24(27)21-11-14-23(19(3)15-21)26(4)30(28,29)22-12-7-18(2)8-13-22/h5-15H,16H2,1-4H3,(H,25,27). The number of nitrogens with zero attached hydrogens (tertiary/aromatic N) is 1. The van der Waals surface area contributed by atoms with Crippen molar-refractivity contribution in [3.63, 3.8) is 0 Å². The molecule has 0 aromatic heterocycles. The van der Waals surface area contributed by atoms with E-state index in [2.05, 4.69) is 5.32 Å². The Kier molecular flexibility index (Phi) is 6.27. The molecule has 3 rings (SSSR count). The Morgan fingerprint density at radius 1 is 0.867 bits per heavy atom. The zero-order valence-corrected chi connectivity index (χ0v) is 18.5. The van der Waals surface area contributed by atoms with Crippen LogP contribution >= 0.6 is 0 Å². The van der Waals surface area contributed by atoms with Crippen LogP contribution in [0.5, 0.6) is 0 Å². The van der Waals surface area contributed by atoms with E-state index in [0.717, 1.165) is 11.1 Å². The van der Waals surface area contributed by atoms with Crippen LogP contribution in [0, 0.1) is 20.8 Å². The fraction of sp³-hybridized carbons (Fsp3) is 0.208. The smallest absolute Gasteiger partial charge is 0.264 e. The Bertz CT molecular complexity index is 1150. The number of nitrogens with one attached hydrogen (secondary N) is 1. The Labute approximate surface area is 178 Å². The number of anilines is 1. The van der Waals surface area contributed by atoms with E-state index in [1.54, 1.807) is 49.4 Å². The quantitative estimate of drug-likeness (QED) is 0.642. The lowest BCUT2D eigenvalue weighted by Gasteiger charge is -2.22. The first-order chi connectivity index (χ1) is 14.2. The van der Waals surface area contributed by atoms with Gasteiger partial charge < -0.3 is 5.32 Å². The van der Waals surface area contributed by atoms with Crippen LogP contribution in [0.4, 0.5) is 5.69 Å². The molecule has 0 unspecified atom stereocenters. The Balaban J connectivity index is 1.76. The first-order valence-corrected chi connectivity index (χ1v) is 11.1. The number of benzene rings is 3. The molecule has 6 heteroatoms. The van der Waals surface area contributed by atoms with Gasteiger partial charge in [0, 0.05) is 19.2 Å². The molecule has 0 aliphatic carbocycles. The number of sulfonamides is 1. The summed E-state index contributed by atoms with van der Waals surface area (Å²) in [5.74, 6) is -0.200. The van der Waals surface area contributed by atoms with E-state index in [-0.39, 0.29) is 10.8 Å². The maximum Gasteiger partial charge on any atom is 0.264 e. The van der Waals surface area contributed by atoms with E-state index in [4.69, 9.17) is 0 Å². The van der Waals surface area contributed by atoms with Crippen molar-refractivity contribution < 1.29 is 13.2 Å². The van der Waals surface area contributed by atoms with E-state index >= 15 is 0 Å². The summed E-state index contributed by atoms with van der Waals surface area (Å²) >= 11 is 0. The second-order valence-electron chi connectivity index (χ2n) is 7.46. The summed E-state index contributed by atoms with van der Waals surface area (Å²) in [6.45, 7) is 6.16. The second kappa shape index (κ2) is 8.71. The Hall–Kier alpha value is -3.12. The first-order valence-electron chi connectivity index (χ1n) is 9.68. The van der Waals surface area contributed by atoms with Gasteiger partial charge in [-0.05, 0) is 62.2 Å². The van der Waals surface area contributed by atoms with E-state index in [0.29, 0.717) is 23.4 Å². The molecule has 3 aromatic rings. The molecule has 0 bridgehead atoms. The lowest BCUT2D eigenvalue weighted by Crippen LogP contribution is -2.27. The van der Waals surface area contributed by atoms with Gasteiger partial charge in [-0.15, -0.1) is 0 Å². The van der Waals surface area contributed by atoms with E-state index < -0.39 is 10.0 Å². The highest BCUT2D eigenvalue weighted by molar-refractivity contribution is 7.92. The van der Waals surface area contributed by atoms with Crippen LogP contribution in [0.2, 0.25) is 0 Å². The zero-order valence-electron chi connectivity index (χ0n) is 17.6. The van der Waals surface area contributed by atoms with Crippen molar-refractivity contribution >= 4 is 21.6 Å². The van der Waals surface area contributed by atoms with Gasteiger partial charge in [0.2, 0.25) is 0 Å². The predicted octanol–water partition coefficient (Wildman–Crippen LogP) is 4.37. The minimum Gasteiger partial charge on any atom is -0.348 e. The van der Waals surface area contributed by atoms with Crippen LogP contribution < -0.4 is 9.62 Å². The van der Waals surface area contributed by atoms with Crippen LogP contribution in [0.3, 0.4) is 0 Å². The molecular weight excluding hydrogens is 396 g/mol. The second-order valence-corrected chi connectivity index (χ2v) is 9.42. The normalized spacial score (nSPS) is 11.2. The molecule has 3 aromatic carbocycles. The Morgan fingerprint density at radius 2 is 1.43 bits per heavy atom. The van der Waals surface area contributed by atoms with Crippen molar-refractivity contribution in [2.45, 2.75) is 32.2 Å². The van der Waals surface area contributed by atoms with Gasteiger partial charge in [0.15, 0.2) is 0 Å². The van der Waals surface area contributed by atoms with Crippen LogP contribution in [0.25, 0.3) is 0 Å². The summed E-state index contributed by atoms with van der Waals surface area (Å²) in [6.07, 6.45) is 0. The summed E-state index contributed by atoms with van der Waals surface area (Å²) < 4.78 is 27.1. The SMILES string of the molecule is Cc1ccc(CNC(=O)c2ccc(N(C)S(=O)(=O)c3ccc(C)cc3)c(C)c2)cc1. The number of amides is 1. The van der Waals surface area contributed by atoms with E-state index in [1.807, 2.05) is 38.1 Å². The van der Waals surface area contributed by atoms with Crippen molar-refractivity contribution in [1.82, 2.24) is 5.32 Å². The molecule has 156 valence electrons. The molecule has 1 N–H and O–H groups in total. The highest BCUT2D eigenvalue weighted by atomic mass is 32.2. The third-order valence-electron chi connectivity index (χ3n) is 5.05. The number of carbonyl (C=O) groups excluding carboxylic acids is 1. The van der Waals surface area contributed by atoms with E-state index in [9.17, 15) is 13.2 Å². The molecule has 0 saturated carbocycles. The highest BCUT2D eigenvalue weighted by Crippen LogP contribution is 2.26. The molecule has 0 saturated heterocycles. The van der Waals surface area contributed by atoms with Gasteiger partial charge in [-0.3, -0.25) is 9.10 Å². The van der Waals surface area contributed by atoms with Gasteiger partial charge in [0.25, 0.3) is 15.9 Å². The average Bonchev–Trinajstić information content (AvgIpc) is 2.73. The number of hydrogen-bond donors (Lipinski definition) is 1. The summed E-state index contributed by atoms with van der Waals surface area (Å²) in [7, 11) is -2.16. The maximum atomic E-state index is 12.9. The van der Waals surface area contributed by atoms with Gasteiger partial charge in [-0.25, -0.2) is 8.42 Å². The molecule has 5 nitrogen and oxygen atoms in total. The minimum atomic E-state index is -3.68.